The Bertz CT molecular complexity index is 679. The van der Waals surface area contributed by atoms with Gasteiger partial charge < -0.3 is 15.5 Å². The van der Waals surface area contributed by atoms with Crippen molar-refractivity contribution in [2.45, 2.75) is 71.9 Å². The molecule has 28 heavy (non-hydrogen) atoms. The summed E-state index contributed by atoms with van der Waals surface area (Å²) in [5, 5.41) is 11.5. The summed E-state index contributed by atoms with van der Waals surface area (Å²) in [4.78, 5) is 18.5. The van der Waals surface area contributed by atoms with Crippen molar-refractivity contribution in [2.24, 2.45) is 18.0 Å². The Balaban J connectivity index is 2.18. The number of nitrogens with zero attached hydrogens (tertiary/aromatic N) is 4. The third-order valence-electron chi connectivity index (χ3n) is 5.76. The molecule has 2 unspecified atom stereocenters. The minimum Gasteiger partial charge on any atom is -0.353 e. The van der Waals surface area contributed by atoms with Crippen molar-refractivity contribution in [3.8, 4) is 0 Å². The molecule has 7 nitrogen and oxygen atoms in total. The number of aryl methyl sites for hydroxylation is 2. The van der Waals surface area contributed by atoms with E-state index in [1.807, 2.05) is 11.7 Å². The van der Waals surface area contributed by atoms with E-state index < -0.39 is 0 Å². The number of likely N-dealkylation sites (N-methyl/N-ethyl adjacent to an activating group) is 1. The van der Waals surface area contributed by atoms with Crippen molar-refractivity contribution in [3.05, 3.63) is 17.0 Å². The molecule has 0 bridgehead atoms. The summed E-state index contributed by atoms with van der Waals surface area (Å²) in [5.41, 5.74) is 3.55. The van der Waals surface area contributed by atoms with E-state index in [-0.39, 0.29) is 12.5 Å². The van der Waals surface area contributed by atoms with Crippen LogP contribution in [0.3, 0.4) is 0 Å². The summed E-state index contributed by atoms with van der Waals surface area (Å²) < 4.78 is 1.98. The Kier molecular flexibility index (Phi) is 8.33. The van der Waals surface area contributed by atoms with Gasteiger partial charge in [0.1, 0.15) is 0 Å². The summed E-state index contributed by atoms with van der Waals surface area (Å²) >= 11 is 0. The Morgan fingerprint density at radius 2 is 1.96 bits per heavy atom. The third kappa shape index (κ3) is 5.72. The van der Waals surface area contributed by atoms with Crippen LogP contribution in [0.4, 0.5) is 0 Å². The van der Waals surface area contributed by atoms with Crippen LogP contribution in [0, 0.1) is 5.92 Å². The summed E-state index contributed by atoms with van der Waals surface area (Å²) in [5.74, 6) is 1.37. The zero-order chi connectivity index (χ0) is 20.7. The molecule has 7 heteroatoms. The highest BCUT2D eigenvalue weighted by atomic mass is 16.2. The SMILES string of the molecule is CCc1nn(C)c(CC)c1CN=C(NCC(=O)N(C)C)NC1CCCCC1C. The molecule has 0 aliphatic heterocycles. The third-order valence-corrected chi connectivity index (χ3v) is 5.76. The van der Waals surface area contributed by atoms with Crippen LogP contribution in [0.15, 0.2) is 4.99 Å². The van der Waals surface area contributed by atoms with Crippen molar-refractivity contribution in [1.82, 2.24) is 25.3 Å². The molecule has 0 saturated heterocycles. The molecule has 1 aliphatic rings. The maximum Gasteiger partial charge on any atom is 0.241 e. The molecule has 0 radical (unpaired) electrons. The molecule has 1 saturated carbocycles. The van der Waals surface area contributed by atoms with E-state index in [1.165, 1.54) is 30.5 Å². The van der Waals surface area contributed by atoms with Crippen LogP contribution in [0.25, 0.3) is 0 Å². The Morgan fingerprint density at radius 3 is 2.57 bits per heavy atom. The van der Waals surface area contributed by atoms with E-state index in [4.69, 9.17) is 4.99 Å². The summed E-state index contributed by atoms with van der Waals surface area (Å²) in [6.45, 7) is 7.40. The average Bonchev–Trinajstić information content (AvgIpc) is 2.99. The van der Waals surface area contributed by atoms with Crippen molar-refractivity contribution >= 4 is 11.9 Å². The number of hydrogen-bond acceptors (Lipinski definition) is 3. The maximum atomic E-state index is 12.0. The Labute approximate surface area is 170 Å². The average molecular weight is 391 g/mol. The van der Waals surface area contributed by atoms with Crippen LogP contribution in [-0.2, 0) is 31.2 Å². The van der Waals surface area contributed by atoms with Crippen LogP contribution >= 0.6 is 0 Å². The molecule has 0 aromatic carbocycles. The van der Waals surface area contributed by atoms with E-state index in [1.54, 1.807) is 19.0 Å². The second-order valence-electron chi connectivity index (χ2n) is 8.02. The molecule has 1 aromatic heterocycles. The molecule has 0 spiro atoms. The van der Waals surface area contributed by atoms with Crippen molar-refractivity contribution in [1.29, 1.82) is 0 Å². The van der Waals surface area contributed by atoms with Gasteiger partial charge in [-0.1, -0.05) is 33.6 Å². The normalized spacial score (nSPS) is 20.1. The van der Waals surface area contributed by atoms with Gasteiger partial charge >= 0.3 is 0 Å². The van der Waals surface area contributed by atoms with Gasteiger partial charge in [0.15, 0.2) is 5.96 Å². The number of carbonyl (C=O) groups is 1. The van der Waals surface area contributed by atoms with E-state index in [0.29, 0.717) is 18.5 Å². The summed E-state index contributed by atoms with van der Waals surface area (Å²) in [6.07, 6.45) is 6.76. The fourth-order valence-corrected chi connectivity index (χ4v) is 3.91. The molecule has 1 heterocycles. The zero-order valence-electron chi connectivity index (χ0n) is 18.5. The lowest BCUT2D eigenvalue weighted by Crippen LogP contribution is -2.49. The molecule has 158 valence electrons. The minimum absolute atomic E-state index is 0.0380. The van der Waals surface area contributed by atoms with E-state index in [0.717, 1.165) is 30.9 Å². The summed E-state index contributed by atoms with van der Waals surface area (Å²) in [7, 11) is 5.55. The van der Waals surface area contributed by atoms with Crippen molar-refractivity contribution in [3.63, 3.8) is 0 Å². The van der Waals surface area contributed by atoms with Crippen molar-refractivity contribution < 1.29 is 4.79 Å². The number of aliphatic imine (C=N–C) groups is 1. The van der Waals surface area contributed by atoms with Gasteiger partial charge in [-0.25, -0.2) is 4.99 Å². The fraction of sp³-hybridized carbons (Fsp3) is 0.762. The number of rotatable bonds is 7. The number of guanidine groups is 1. The van der Waals surface area contributed by atoms with Crippen LogP contribution in [0.1, 0.15) is 63.4 Å². The fourth-order valence-electron chi connectivity index (χ4n) is 3.91. The van der Waals surface area contributed by atoms with E-state index in [2.05, 4.69) is 36.5 Å². The summed E-state index contributed by atoms with van der Waals surface area (Å²) in [6, 6.07) is 0.402. The number of carbonyl (C=O) groups excluding carboxylic acids is 1. The van der Waals surface area contributed by atoms with Gasteiger partial charge in [0, 0.05) is 38.4 Å². The Hall–Kier alpha value is -2.05. The topological polar surface area (TPSA) is 74.5 Å². The number of hydrogen-bond donors (Lipinski definition) is 2. The molecule has 1 aromatic rings. The molecule has 1 aliphatic carbocycles. The van der Waals surface area contributed by atoms with Gasteiger partial charge in [-0.2, -0.15) is 5.10 Å². The first-order chi connectivity index (χ1) is 13.4. The smallest absolute Gasteiger partial charge is 0.241 e. The molecular weight excluding hydrogens is 352 g/mol. The van der Waals surface area contributed by atoms with Crippen LogP contribution in [-0.4, -0.2) is 53.2 Å². The lowest BCUT2D eigenvalue weighted by molar-refractivity contribution is -0.127. The minimum atomic E-state index is 0.0380. The van der Waals surface area contributed by atoms with Gasteiger partial charge in [0.25, 0.3) is 0 Å². The molecule has 2 atom stereocenters. The highest BCUT2D eigenvalue weighted by Crippen LogP contribution is 2.23. The highest BCUT2D eigenvalue weighted by molar-refractivity contribution is 5.86. The highest BCUT2D eigenvalue weighted by Gasteiger charge is 2.22. The first-order valence-corrected chi connectivity index (χ1v) is 10.7. The second kappa shape index (κ2) is 10.5. The molecular formula is C21H38N6O. The lowest BCUT2D eigenvalue weighted by atomic mass is 9.86. The molecule has 1 fully saturated rings. The van der Waals surface area contributed by atoms with Gasteiger partial charge in [0.05, 0.1) is 18.8 Å². The van der Waals surface area contributed by atoms with Crippen LogP contribution in [0.2, 0.25) is 0 Å². The van der Waals surface area contributed by atoms with E-state index >= 15 is 0 Å². The van der Waals surface area contributed by atoms with Gasteiger partial charge in [-0.05, 0) is 31.6 Å². The van der Waals surface area contributed by atoms with Crippen LogP contribution < -0.4 is 10.6 Å². The van der Waals surface area contributed by atoms with E-state index in [9.17, 15) is 4.79 Å². The monoisotopic (exact) mass is 390 g/mol. The number of amides is 1. The Morgan fingerprint density at radius 1 is 1.25 bits per heavy atom. The predicted octanol–water partition coefficient (Wildman–Crippen LogP) is 2.25. The van der Waals surface area contributed by atoms with Gasteiger partial charge in [-0.3, -0.25) is 9.48 Å². The maximum absolute atomic E-state index is 12.0. The first kappa shape index (κ1) is 22.2. The first-order valence-electron chi connectivity index (χ1n) is 10.7. The second-order valence-corrected chi connectivity index (χ2v) is 8.02. The van der Waals surface area contributed by atoms with Crippen molar-refractivity contribution in [2.75, 3.05) is 20.6 Å². The van der Waals surface area contributed by atoms with Gasteiger partial charge in [0.2, 0.25) is 5.91 Å². The molecule has 2 rings (SSSR count). The zero-order valence-corrected chi connectivity index (χ0v) is 18.5. The number of nitrogens with one attached hydrogen (secondary N) is 2. The lowest BCUT2D eigenvalue weighted by Gasteiger charge is -2.31. The van der Waals surface area contributed by atoms with Crippen LogP contribution in [0.5, 0.6) is 0 Å². The quantitative estimate of drug-likeness (QED) is 0.553. The predicted molar refractivity (Wildman–Crippen MR) is 114 cm³/mol. The van der Waals surface area contributed by atoms with Gasteiger partial charge in [-0.15, -0.1) is 0 Å². The largest absolute Gasteiger partial charge is 0.353 e. The number of aromatic nitrogens is 2. The molecule has 2 N–H and O–H groups in total. The standard InChI is InChI=1S/C21H38N6O/c1-7-17-16(19(8-2)27(6)25-17)13-22-21(23-14-20(28)26(4)5)24-18-12-10-9-11-15(18)3/h15,18H,7-14H2,1-6H3,(H2,22,23,24). The molecule has 1 amide bonds.